The molecule has 1 heterocycles. The Kier molecular flexibility index (Phi) is 2.19. The quantitative estimate of drug-likeness (QED) is 0.561. The highest BCUT2D eigenvalue weighted by Crippen LogP contribution is 1.92. The molecule has 1 aromatic rings. The van der Waals surface area contributed by atoms with Crippen LogP contribution in [0.3, 0.4) is 0 Å². The Morgan fingerprint density at radius 3 is 2.73 bits per heavy atom. The van der Waals surface area contributed by atoms with Crippen LogP contribution in [0, 0.1) is 6.92 Å². The van der Waals surface area contributed by atoms with E-state index in [9.17, 15) is 4.79 Å². The van der Waals surface area contributed by atoms with E-state index < -0.39 is 0 Å². The average molecular weight is 171 g/mol. The van der Waals surface area contributed by atoms with Gasteiger partial charge in [-0.25, -0.2) is 4.68 Å². The van der Waals surface area contributed by atoms with Gasteiger partial charge in [0.1, 0.15) is 5.01 Å². The lowest BCUT2D eigenvalue weighted by atomic mass is 10.8. The van der Waals surface area contributed by atoms with E-state index in [1.165, 1.54) is 18.3 Å². The van der Waals surface area contributed by atoms with Gasteiger partial charge in [-0.1, -0.05) is 11.3 Å². The Hall–Kier alpha value is -0.970. The van der Waals surface area contributed by atoms with Crippen LogP contribution in [-0.4, -0.2) is 15.7 Å². The van der Waals surface area contributed by atoms with Crippen molar-refractivity contribution in [3.63, 3.8) is 0 Å². The molecule has 0 saturated carbocycles. The number of rotatable bonds is 0. The first kappa shape index (κ1) is 8.13. The minimum absolute atomic E-state index is 0.191. The van der Waals surface area contributed by atoms with Gasteiger partial charge in [0, 0.05) is 14.0 Å². The second kappa shape index (κ2) is 2.96. The molecule has 1 rings (SSSR count). The molecule has 0 N–H and O–H groups in total. The molecule has 5 heteroatoms. The number of carbonyl (C=O) groups is 1. The normalized spacial score (nSPS) is 12.1. The summed E-state index contributed by atoms with van der Waals surface area (Å²) in [6.45, 7) is 3.30. The third kappa shape index (κ3) is 1.98. The molecule has 11 heavy (non-hydrogen) atoms. The van der Waals surface area contributed by atoms with Gasteiger partial charge in [-0.15, -0.1) is 0 Å². The minimum atomic E-state index is -0.191. The van der Waals surface area contributed by atoms with Crippen molar-refractivity contribution in [2.75, 3.05) is 0 Å². The molecule has 0 aliphatic rings. The van der Waals surface area contributed by atoms with Crippen LogP contribution in [0.5, 0.6) is 0 Å². The largest absolute Gasteiger partial charge is 0.273 e. The Morgan fingerprint density at radius 2 is 2.36 bits per heavy atom. The zero-order chi connectivity index (χ0) is 8.43. The van der Waals surface area contributed by atoms with Gasteiger partial charge in [-0.05, 0) is 6.92 Å². The molecular formula is C6H9N3OS. The fraction of sp³-hybridized carbons (Fsp3) is 0.500. The highest BCUT2D eigenvalue weighted by Gasteiger charge is 1.95. The average Bonchev–Trinajstić information content (AvgIpc) is 2.09. The van der Waals surface area contributed by atoms with E-state index >= 15 is 0 Å². The van der Waals surface area contributed by atoms with E-state index in [1.54, 1.807) is 11.7 Å². The number of carbonyl (C=O) groups excluding carboxylic acids is 1. The Morgan fingerprint density at radius 1 is 1.73 bits per heavy atom. The van der Waals surface area contributed by atoms with Crippen LogP contribution < -0.4 is 4.80 Å². The molecule has 1 amide bonds. The summed E-state index contributed by atoms with van der Waals surface area (Å²) >= 11 is 1.41. The van der Waals surface area contributed by atoms with Crippen LogP contribution >= 0.6 is 11.3 Å². The molecule has 0 aliphatic heterocycles. The third-order valence-corrected chi connectivity index (χ3v) is 1.97. The van der Waals surface area contributed by atoms with E-state index in [0.29, 0.717) is 4.80 Å². The van der Waals surface area contributed by atoms with Crippen molar-refractivity contribution in [3.8, 4) is 0 Å². The SMILES string of the molecule is CC(=O)N=c1sc(C)nn1C. The monoisotopic (exact) mass is 171 g/mol. The number of amides is 1. The van der Waals surface area contributed by atoms with Crippen molar-refractivity contribution in [2.45, 2.75) is 13.8 Å². The molecule has 0 unspecified atom stereocenters. The summed E-state index contributed by atoms with van der Waals surface area (Å²) in [6.07, 6.45) is 0. The zero-order valence-electron chi connectivity index (χ0n) is 6.66. The first-order valence-electron chi connectivity index (χ1n) is 3.15. The van der Waals surface area contributed by atoms with Crippen LogP contribution in [0.15, 0.2) is 4.99 Å². The molecule has 0 spiro atoms. The van der Waals surface area contributed by atoms with Gasteiger partial charge >= 0.3 is 0 Å². The molecule has 60 valence electrons. The molecule has 0 saturated heterocycles. The van der Waals surface area contributed by atoms with Crippen LogP contribution in [0.25, 0.3) is 0 Å². The summed E-state index contributed by atoms with van der Waals surface area (Å²) in [7, 11) is 1.77. The topological polar surface area (TPSA) is 47.2 Å². The molecule has 0 atom stereocenters. The maximum Gasteiger partial charge on any atom is 0.245 e. The predicted octanol–water partition coefficient (Wildman–Crippen LogP) is 0.237. The summed E-state index contributed by atoms with van der Waals surface area (Å²) < 4.78 is 1.60. The highest BCUT2D eigenvalue weighted by molar-refractivity contribution is 7.08. The van der Waals surface area contributed by atoms with Crippen molar-refractivity contribution >= 4 is 17.2 Å². The molecule has 0 fully saturated rings. The molecule has 1 aromatic heterocycles. The predicted molar refractivity (Wildman–Crippen MR) is 42.1 cm³/mol. The summed E-state index contributed by atoms with van der Waals surface area (Å²) in [6, 6.07) is 0. The maximum atomic E-state index is 10.6. The first-order valence-corrected chi connectivity index (χ1v) is 3.97. The van der Waals surface area contributed by atoms with Crippen LogP contribution in [0.2, 0.25) is 0 Å². The zero-order valence-corrected chi connectivity index (χ0v) is 7.47. The van der Waals surface area contributed by atoms with Crippen molar-refractivity contribution in [2.24, 2.45) is 12.0 Å². The third-order valence-electron chi connectivity index (χ3n) is 1.06. The Labute approximate surface area is 68.2 Å². The summed E-state index contributed by atoms with van der Waals surface area (Å²) in [5.74, 6) is -0.191. The van der Waals surface area contributed by atoms with Crippen LogP contribution in [-0.2, 0) is 11.8 Å². The van der Waals surface area contributed by atoms with E-state index in [0.717, 1.165) is 5.01 Å². The fourth-order valence-electron chi connectivity index (χ4n) is 0.702. The number of hydrogen-bond donors (Lipinski definition) is 0. The van der Waals surface area contributed by atoms with Gasteiger partial charge in [0.2, 0.25) is 10.7 Å². The molecule has 0 aliphatic carbocycles. The van der Waals surface area contributed by atoms with Crippen molar-refractivity contribution in [3.05, 3.63) is 9.81 Å². The fourth-order valence-corrected chi connectivity index (χ4v) is 1.48. The van der Waals surface area contributed by atoms with Crippen molar-refractivity contribution in [1.29, 1.82) is 0 Å². The minimum Gasteiger partial charge on any atom is -0.273 e. The standard InChI is InChI=1S/C6H9N3OS/c1-4(10)7-6-9(3)8-5(2)11-6/h1-3H3. The number of aryl methyl sites for hydroxylation is 2. The lowest BCUT2D eigenvalue weighted by molar-refractivity contribution is -0.116. The van der Waals surface area contributed by atoms with Gasteiger partial charge in [0.15, 0.2) is 0 Å². The summed E-state index contributed by atoms with van der Waals surface area (Å²) in [4.78, 5) is 15.0. The smallest absolute Gasteiger partial charge is 0.245 e. The highest BCUT2D eigenvalue weighted by atomic mass is 32.1. The second-order valence-electron chi connectivity index (χ2n) is 2.16. The van der Waals surface area contributed by atoms with Gasteiger partial charge in [-0.2, -0.15) is 10.1 Å². The van der Waals surface area contributed by atoms with Crippen molar-refractivity contribution < 1.29 is 4.79 Å². The van der Waals surface area contributed by atoms with E-state index in [4.69, 9.17) is 0 Å². The van der Waals surface area contributed by atoms with Gasteiger partial charge in [0.25, 0.3) is 0 Å². The van der Waals surface area contributed by atoms with Crippen LogP contribution in [0.4, 0.5) is 0 Å². The van der Waals surface area contributed by atoms with E-state index in [2.05, 4.69) is 10.1 Å². The molecule has 4 nitrogen and oxygen atoms in total. The van der Waals surface area contributed by atoms with Crippen molar-refractivity contribution in [1.82, 2.24) is 9.78 Å². The molecule has 0 aromatic carbocycles. The number of nitrogens with zero attached hydrogens (tertiary/aromatic N) is 3. The first-order chi connectivity index (χ1) is 5.09. The lowest BCUT2D eigenvalue weighted by Crippen LogP contribution is -2.13. The molecule has 0 radical (unpaired) electrons. The summed E-state index contributed by atoms with van der Waals surface area (Å²) in [5, 5.41) is 4.96. The number of hydrogen-bond acceptors (Lipinski definition) is 3. The maximum absolute atomic E-state index is 10.6. The lowest BCUT2D eigenvalue weighted by Gasteiger charge is -1.83. The summed E-state index contributed by atoms with van der Waals surface area (Å²) in [5.41, 5.74) is 0. The van der Waals surface area contributed by atoms with Gasteiger partial charge in [-0.3, -0.25) is 4.79 Å². The van der Waals surface area contributed by atoms with E-state index in [-0.39, 0.29) is 5.91 Å². The van der Waals surface area contributed by atoms with Gasteiger partial charge < -0.3 is 0 Å². The second-order valence-corrected chi connectivity index (χ2v) is 3.32. The Balaban J connectivity index is 3.23. The van der Waals surface area contributed by atoms with Crippen LogP contribution in [0.1, 0.15) is 11.9 Å². The molecule has 0 bridgehead atoms. The van der Waals surface area contributed by atoms with Gasteiger partial charge in [0.05, 0.1) is 0 Å². The molecular weight excluding hydrogens is 162 g/mol. The van der Waals surface area contributed by atoms with E-state index in [1.807, 2.05) is 6.92 Å². The number of aromatic nitrogens is 2. The Bertz CT molecular complexity index is 336.